The number of carbonyl (C=O) groups excluding carboxylic acids is 1. The van der Waals surface area contributed by atoms with E-state index in [1.807, 2.05) is 44.2 Å². The first-order valence-electron chi connectivity index (χ1n) is 8.68. The molecule has 0 fully saturated rings. The molecule has 1 aromatic carbocycles. The van der Waals surface area contributed by atoms with Gasteiger partial charge in [0.1, 0.15) is 5.82 Å². The van der Waals surface area contributed by atoms with Gasteiger partial charge in [0.2, 0.25) is 0 Å². The highest BCUT2D eigenvalue weighted by Crippen LogP contribution is 2.52. The molecule has 0 spiro atoms. The molecule has 0 unspecified atom stereocenters. The molecule has 134 valence electrons. The lowest BCUT2D eigenvalue weighted by Crippen LogP contribution is -2.43. The first kappa shape index (κ1) is 16.9. The number of hydrogen-bond acceptors (Lipinski definition) is 3. The van der Waals surface area contributed by atoms with E-state index in [0.29, 0.717) is 18.4 Å². The lowest BCUT2D eigenvalue weighted by Gasteiger charge is -2.44. The Labute approximate surface area is 151 Å². The van der Waals surface area contributed by atoms with Crippen molar-refractivity contribution in [3.05, 3.63) is 70.6 Å². The second-order valence-corrected chi connectivity index (χ2v) is 8.05. The summed E-state index contributed by atoms with van der Waals surface area (Å²) in [6.45, 7) is 5.85. The van der Waals surface area contributed by atoms with Crippen molar-refractivity contribution in [1.82, 2.24) is 4.98 Å². The lowest BCUT2D eigenvalue weighted by atomic mass is 9.62. The third-order valence-electron chi connectivity index (χ3n) is 5.47. The van der Waals surface area contributed by atoms with Gasteiger partial charge in [-0.15, -0.1) is 0 Å². The molecule has 5 heteroatoms. The largest absolute Gasteiger partial charge is 0.343 e. The summed E-state index contributed by atoms with van der Waals surface area (Å²) in [7, 11) is 0. The first-order valence-corrected chi connectivity index (χ1v) is 8.68. The molecule has 2 aliphatic rings. The standard InChI is InChI=1S/C21H20F2N2O/c1-20(2)9-14-16(15(26)10-20)21(3,12-7-5-4-6-8-12)17-18(23)13(22)11-24-19(17)25-14/h4-8,11H,9-10H2,1-3H3,(H,24,25)/t21-/m0/s1. The van der Waals surface area contributed by atoms with Crippen LogP contribution in [0.4, 0.5) is 14.6 Å². The molecule has 0 amide bonds. The van der Waals surface area contributed by atoms with Crippen LogP contribution in [0.1, 0.15) is 44.7 Å². The van der Waals surface area contributed by atoms with E-state index >= 15 is 0 Å². The van der Waals surface area contributed by atoms with Crippen LogP contribution in [0.15, 0.2) is 47.8 Å². The van der Waals surface area contributed by atoms with E-state index in [1.54, 1.807) is 6.92 Å². The second-order valence-electron chi connectivity index (χ2n) is 8.05. The number of Topliss-reactive ketones (excluding diaryl/α,β-unsaturated/α-hetero) is 1. The molecule has 2 heterocycles. The van der Waals surface area contributed by atoms with Gasteiger partial charge in [-0.1, -0.05) is 44.2 Å². The van der Waals surface area contributed by atoms with E-state index in [2.05, 4.69) is 10.3 Å². The van der Waals surface area contributed by atoms with Gasteiger partial charge in [0, 0.05) is 23.3 Å². The molecule has 1 atom stereocenters. The summed E-state index contributed by atoms with van der Waals surface area (Å²) in [5, 5.41) is 3.12. The molecule has 0 saturated carbocycles. The van der Waals surface area contributed by atoms with Crippen LogP contribution in [0.25, 0.3) is 0 Å². The summed E-state index contributed by atoms with van der Waals surface area (Å²) >= 11 is 0. The van der Waals surface area contributed by atoms with Crippen molar-refractivity contribution in [2.45, 2.75) is 39.0 Å². The van der Waals surface area contributed by atoms with Crippen LogP contribution in [0, 0.1) is 17.0 Å². The fourth-order valence-electron chi connectivity index (χ4n) is 4.35. The number of pyridine rings is 1. The number of rotatable bonds is 1. The summed E-state index contributed by atoms with van der Waals surface area (Å²) in [5.41, 5.74) is 0.816. The van der Waals surface area contributed by atoms with Crippen LogP contribution in [-0.4, -0.2) is 10.8 Å². The van der Waals surface area contributed by atoms with Gasteiger partial charge in [-0.3, -0.25) is 4.79 Å². The topological polar surface area (TPSA) is 42.0 Å². The second kappa shape index (κ2) is 5.47. The van der Waals surface area contributed by atoms with Gasteiger partial charge in [-0.2, -0.15) is 0 Å². The van der Waals surface area contributed by atoms with Crippen molar-refractivity contribution in [2.24, 2.45) is 5.41 Å². The minimum atomic E-state index is -1.09. The van der Waals surface area contributed by atoms with Gasteiger partial charge in [0.05, 0.1) is 11.6 Å². The van der Waals surface area contributed by atoms with Gasteiger partial charge in [0.25, 0.3) is 0 Å². The number of nitrogens with zero attached hydrogens (tertiary/aromatic N) is 1. The van der Waals surface area contributed by atoms with Gasteiger partial charge >= 0.3 is 0 Å². The number of allylic oxidation sites excluding steroid dienone is 2. The van der Waals surface area contributed by atoms with Crippen molar-refractivity contribution in [2.75, 3.05) is 5.32 Å². The Morgan fingerprint density at radius 3 is 2.46 bits per heavy atom. The minimum absolute atomic E-state index is 0.0376. The molecule has 4 rings (SSSR count). The summed E-state index contributed by atoms with van der Waals surface area (Å²) in [4.78, 5) is 17.2. The van der Waals surface area contributed by atoms with Crippen LogP contribution in [0.3, 0.4) is 0 Å². The molecule has 0 radical (unpaired) electrons. The van der Waals surface area contributed by atoms with Crippen molar-refractivity contribution >= 4 is 11.6 Å². The number of ketones is 1. The summed E-state index contributed by atoms with van der Waals surface area (Å²) in [6.07, 6.45) is 1.90. The fourth-order valence-corrected chi connectivity index (χ4v) is 4.35. The maximum Gasteiger partial charge on any atom is 0.177 e. The summed E-state index contributed by atoms with van der Waals surface area (Å²) in [5.74, 6) is -1.73. The van der Waals surface area contributed by atoms with Gasteiger partial charge in [0.15, 0.2) is 17.4 Å². The highest BCUT2D eigenvalue weighted by molar-refractivity contribution is 6.02. The van der Waals surface area contributed by atoms with Crippen LogP contribution in [0.5, 0.6) is 0 Å². The Kier molecular flexibility index (Phi) is 3.55. The Bertz CT molecular complexity index is 950. The maximum atomic E-state index is 14.9. The predicted molar refractivity (Wildman–Crippen MR) is 95.7 cm³/mol. The molecule has 26 heavy (non-hydrogen) atoms. The third kappa shape index (κ3) is 2.30. The molecule has 1 aliphatic heterocycles. The third-order valence-corrected chi connectivity index (χ3v) is 5.47. The number of benzene rings is 1. The van der Waals surface area contributed by atoms with Crippen molar-refractivity contribution in [1.29, 1.82) is 0 Å². The van der Waals surface area contributed by atoms with Crippen LogP contribution in [-0.2, 0) is 10.2 Å². The quantitative estimate of drug-likeness (QED) is 0.805. The molecule has 0 bridgehead atoms. The first-order chi connectivity index (χ1) is 12.2. The van der Waals surface area contributed by atoms with Gasteiger partial charge < -0.3 is 5.32 Å². The average Bonchev–Trinajstić information content (AvgIpc) is 2.57. The molecule has 3 nitrogen and oxygen atoms in total. The zero-order valence-electron chi connectivity index (χ0n) is 15.0. The SMILES string of the molecule is CC1(C)CC(=O)C2=C(C1)Nc1ncc(F)c(F)c1[C@@]2(C)c1ccccc1. The molecule has 0 saturated heterocycles. The highest BCUT2D eigenvalue weighted by Gasteiger charge is 2.49. The van der Waals surface area contributed by atoms with E-state index in [1.165, 1.54) is 0 Å². The monoisotopic (exact) mass is 354 g/mol. The summed E-state index contributed by atoms with van der Waals surface area (Å²) in [6, 6.07) is 9.22. The Balaban J connectivity index is 2.07. The van der Waals surface area contributed by atoms with E-state index < -0.39 is 17.0 Å². The average molecular weight is 354 g/mol. The van der Waals surface area contributed by atoms with E-state index in [9.17, 15) is 13.6 Å². The van der Waals surface area contributed by atoms with Crippen molar-refractivity contribution < 1.29 is 13.6 Å². The normalized spacial score (nSPS) is 24.0. The number of aromatic nitrogens is 1. The Morgan fingerprint density at radius 1 is 1.08 bits per heavy atom. The maximum absolute atomic E-state index is 14.9. The van der Waals surface area contributed by atoms with Gasteiger partial charge in [-0.05, 0) is 24.3 Å². The smallest absolute Gasteiger partial charge is 0.177 e. The minimum Gasteiger partial charge on any atom is -0.343 e. The summed E-state index contributed by atoms with van der Waals surface area (Å²) < 4.78 is 29.0. The molecule has 1 N–H and O–H groups in total. The number of carbonyl (C=O) groups is 1. The van der Waals surface area contributed by atoms with Crippen molar-refractivity contribution in [3.8, 4) is 0 Å². The number of hydrogen-bond donors (Lipinski definition) is 1. The van der Waals surface area contributed by atoms with Crippen molar-refractivity contribution in [3.63, 3.8) is 0 Å². The van der Waals surface area contributed by atoms with Crippen LogP contribution < -0.4 is 5.32 Å². The molecule has 1 aromatic heterocycles. The van der Waals surface area contributed by atoms with E-state index in [-0.39, 0.29) is 22.6 Å². The predicted octanol–water partition coefficient (Wildman–Crippen LogP) is 4.73. The Morgan fingerprint density at radius 2 is 1.77 bits per heavy atom. The molecular formula is C21H20F2N2O. The molecule has 1 aliphatic carbocycles. The van der Waals surface area contributed by atoms with E-state index in [4.69, 9.17) is 0 Å². The lowest BCUT2D eigenvalue weighted by molar-refractivity contribution is -0.118. The molecular weight excluding hydrogens is 334 g/mol. The number of nitrogens with one attached hydrogen (secondary N) is 1. The number of fused-ring (bicyclic) bond motifs is 1. The zero-order valence-corrected chi connectivity index (χ0v) is 15.0. The molecule has 2 aromatic rings. The number of halogens is 2. The van der Waals surface area contributed by atoms with E-state index in [0.717, 1.165) is 17.5 Å². The number of anilines is 1. The van der Waals surface area contributed by atoms with Crippen LogP contribution >= 0.6 is 0 Å². The van der Waals surface area contributed by atoms with Crippen LogP contribution in [0.2, 0.25) is 0 Å². The highest BCUT2D eigenvalue weighted by atomic mass is 19.2. The fraction of sp³-hybridized carbons (Fsp3) is 0.333. The Hall–Kier alpha value is -2.56. The van der Waals surface area contributed by atoms with Gasteiger partial charge in [-0.25, -0.2) is 13.8 Å². The zero-order chi connectivity index (χ0) is 18.7.